The van der Waals surface area contributed by atoms with Gasteiger partial charge in [-0.1, -0.05) is 12.1 Å². The minimum atomic E-state index is 0.465. The Morgan fingerprint density at radius 3 is 2.50 bits per heavy atom. The molecule has 18 heavy (non-hydrogen) atoms. The third kappa shape index (κ3) is 6.68. The van der Waals surface area contributed by atoms with Gasteiger partial charge in [0.1, 0.15) is 0 Å². The lowest BCUT2D eigenvalue weighted by atomic mass is 10.0. The molecule has 0 aromatic heterocycles. The first-order chi connectivity index (χ1) is 8.76. The highest BCUT2D eigenvalue weighted by Crippen LogP contribution is 2.10. The third-order valence-corrected chi connectivity index (χ3v) is 3.57. The molecule has 4 heteroatoms. The molecule has 0 bridgehead atoms. The summed E-state index contributed by atoms with van der Waals surface area (Å²) in [4.78, 5) is 0. The van der Waals surface area contributed by atoms with Crippen molar-refractivity contribution in [3.8, 4) is 0 Å². The summed E-state index contributed by atoms with van der Waals surface area (Å²) in [6, 6.07) is 9.15. The third-order valence-electron chi connectivity index (χ3n) is 2.85. The maximum atomic E-state index is 5.50. The maximum absolute atomic E-state index is 5.50. The SMILES string of the molecule is CNC(CCOCCOC)Cc1ccc(I)cc1. The quantitative estimate of drug-likeness (QED) is 0.540. The van der Waals surface area contributed by atoms with E-state index >= 15 is 0 Å². The predicted octanol–water partition coefficient (Wildman–Crippen LogP) is 2.47. The van der Waals surface area contributed by atoms with Gasteiger partial charge in [-0.05, 0) is 60.2 Å². The minimum absolute atomic E-state index is 0.465. The van der Waals surface area contributed by atoms with Crippen molar-refractivity contribution < 1.29 is 9.47 Å². The molecule has 1 rings (SSSR count). The molecule has 0 radical (unpaired) electrons. The number of benzene rings is 1. The highest BCUT2D eigenvalue weighted by Gasteiger charge is 2.07. The smallest absolute Gasteiger partial charge is 0.0700 e. The molecule has 3 nitrogen and oxygen atoms in total. The molecule has 0 aliphatic rings. The lowest BCUT2D eigenvalue weighted by Crippen LogP contribution is -2.29. The average Bonchev–Trinajstić information content (AvgIpc) is 2.39. The Bertz CT molecular complexity index is 316. The van der Waals surface area contributed by atoms with E-state index in [1.165, 1.54) is 9.13 Å². The van der Waals surface area contributed by atoms with Gasteiger partial charge in [0.05, 0.1) is 13.2 Å². The molecule has 0 amide bonds. The largest absolute Gasteiger partial charge is 0.382 e. The average molecular weight is 363 g/mol. The van der Waals surface area contributed by atoms with Crippen LogP contribution in [0.15, 0.2) is 24.3 Å². The number of methoxy groups -OCH3 is 1. The first-order valence-electron chi connectivity index (χ1n) is 6.24. The van der Waals surface area contributed by atoms with E-state index in [1.54, 1.807) is 7.11 Å². The van der Waals surface area contributed by atoms with Crippen molar-refractivity contribution in [2.75, 3.05) is 34.0 Å². The lowest BCUT2D eigenvalue weighted by Gasteiger charge is -2.16. The van der Waals surface area contributed by atoms with Crippen molar-refractivity contribution in [1.29, 1.82) is 0 Å². The highest BCUT2D eigenvalue weighted by atomic mass is 127. The van der Waals surface area contributed by atoms with E-state index in [9.17, 15) is 0 Å². The molecule has 0 fully saturated rings. The van der Waals surface area contributed by atoms with Crippen molar-refractivity contribution in [3.63, 3.8) is 0 Å². The van der Waals surface area contributed by atoms with Crippen LogP contribution in [0.1, 0.15) is 12.0 Å². The second-order valence-electron chi connectivity index (χ2n) is 4.21. The molecular formula is C14H22INO2. The lowest BCUT2D eigenvalue weighted by molar-refractivity contribution is 0.0661. The van der Waals surface area contributed by atoms with Crippen molar-refractivity contribution in [2.45, 2.75) is 18.9 Å². The van der Waals surface area contributed by atoms with Crippen molar-refractivity contribution in [1.82, 2.24) is 5.32 Å². The van der Waals surface area contributed by atoms with Crippen LogP contribution in [-0.4, -0.2) is 40.0 Å². The number of hydrogen-bond acceptors (Lipinski definition) is 3. The predicted molar refractivity (Wildman–Crippen MR) is 83.0 cm³/mol. The Morgan fingerprint density at radius 2 is 1.89 bits per heavy atom. The molecule has 0 aliphatic heterocycles. The molecule has 0 aliphatic carbocycles. The van der Waals surface area contributed by atoms with Crippen LogP contribution >= 0.6 is 22.6 Å². The molecule has 0 spiro atoms. The van der Waals surface area contributed by atoms with Crippen LogP contribution in [0, 0.1) is 3.57 Å². The minimum Gasteiger partial charge on any atom is -0.382 e. The van der Waals surface area contributed by atoms with Crippen LogP contribution < -0.4 is 5.32 Å². The van der Waals surface area contributed by atoms with Gasteiger partial charge in [-0.2, -0.15) is 0 Å². The van der Waals surface area contributed by atoms with Gasteiger partial charge in [-0.15, -0.1) is 0 Å². The van der Waals surface area contributed by atoms with Gasteiger partial charge in [-0.3, -0.25) is 0 Å². The number of hydrogen-bond donors (Lipinski definition) is 1. The number of rotatable bonds is 9. The molecule has 1 atom stereocenters. The van der Waals surface area contributed by atoms with Crippen LogP contribution in [0.3, 0.4) is 0 Å². The molecule has 0 heterocycles. The van der Waals surface area contributed by atoms with Gasteiger partial charge >= 0.3 is 0 Å². The van der Waals surface area contributed by atoms with Crippen LogP contribution in [0.4, 0.5) is 0 Å². The molecule has 1 N–H and O–H groups in total. The molecule has 1 unspecified atom stereocenters. The standard InChI is InChI=1S/C14H22INO2/c1-16-14(7-8-18-10-9-17-2)11-12-3-5-13(15)6-4-12/h3-6,14,16H,7-11H2,1-2H3. The van der Waals surface area contributed by atoms with Gasteiger partial charge in [0.25, 0.3) is 0 Å². The fraction of sp³-hybridized carbons (Fsp3) is 0.571. The van der Waals surface area contributed by atoms with Crippen LogP contribution in [0.2, 0.25) is 0 Å². The Kier molecular flexibility index (Phi) is 8.58. The summed E-state index contributed by atoms with van der Waals surface area (Å²) >= 11 is 2.33. The maximum Gasteiger partial charge on any atom is 0.0700 e. The van der Waals surface area contributed by atoms with Crippen molar-refractivity contribution >= 4 is 22.6 Å². The van der Waals surface area contributed by atoms with Gasteiger partial charge in [0.2, 0.25) is 0 Å². The zero-order valence-electron chi connectivity index (χ0n) is 11.1. The zero-order chi connectivity index (χ0) is 13.2. The van der Waals surface area contributed by atoms with E-state index in [0.717, 1.165) is 19.4 Å². The number of ether oxygens (including phenoxy) is 2. The number of likely N-dealkylation sites (N-methyl/N-ethyl adjacent to an activating group) is 1. The van der Waals surface area contributed by atoms with E-state index in [2.05, 4.69) is 52.2 Å². The summed E-state index contributed by atoms with van der Waals surface area (Å²) in [5.74, 6) is 0. The first-order valence-corrected chi connectivity index (χ1v) is 7.32. The van der Waals surface area contributed by atoms with E-state index in [0.29, 0.717) is 19.3 Å². The van der Waals surface area contributed by atoms with Crippen LogP contribution in [0.5, 0.6) is 0 Å². The summed E-state index contributed by atoms with van der Waals surface area (Å²) < 4.78 is 11.7. The number of nitrogens with one attached hydrogen (secondary N) is 1. The second-order valence-corrected chi connectivity index (χ2v) is 5.46. The zero-order valence-corrected chi connectivity index (χ0v) is 13.3. The fourth-order valence-corrected chi connectivity index (χ4v) is 2.08. The Labute approximate surface area is 123 Å². The monoisotopic (exact) mass is 363 g/mol. The fourth-order valence-electron chi connectivity index (χ4n) is 1.72. The molecule has 1 aromatic rings. The summed E-state index contributed by atoms with van der Waals surface area (Å²) in [6.45, 7) is 2.12. The van der Waals surface area contributed by atoms with Gasteiger partial charge < -0.3 is 14.8 Å². The van der Waals surface area contributed by atoms with E-state index in [-0.39, 0.29) is 0 Å². The highest BCUT2D eigenvalue weighted by molar-refractivity contribution is 14.1. The summed E-state index contributed by atoms with van der Waals surface area (Å²) in [7, 11) is 3.70. The van der Waals surface area contributed by atoms with Gasteiger partial charge in [0.15, 0.2) is 0 Å². The van der Waals surface area contributed by atoms with Crippen LogP contribution in [-0.2, 0) is 15.9 Å². The van der Waals surface area contributed by atoms with Crippen molar-refractivity contribution in [3.05, 3.63) is 33.4 Å². The van der Waals surface area contributed by atoms with E-state index in [4.69, 9.17) is 9.47 Å². The molecule has 102 valence electrons. The Hall–Kier alpha value is -0.170. The van der Waals surface area contributed by atoms with Gasteiger partial charge in [-0.25, -0.2) is 0 Å². The van der Waals surface area contributed by atoms with E-state index in [1.807, 2.05) is 7.05 Å². The first kappa shape index (κ1) is 15.9. The topological polar surface area (TPSA) is 30.5 Å². The molecule has 0 saturated carbocycles. The molecule has 0 saturated heterocycles. The molecule has 1 aromatic carbocycles. The second kappa shape index (κ2) is 9.72. The van der Waals surface area contributed by atoms with Gasteiger partial charge in [0, 0.05) is 23.3 Å². The normalized spacial score (nSPS) is 12.6. The number of halogens is 1. The summed E-state index contributed by atoms with van der Waals surface area (Å²) in [5.41, 5.74) is 1.37. The Morgan fingerprint density at radius 1 is 1.17 bits per heavy atom. The van der Waals surface area contributed by atoms with Crippen LogP contribution in [0.25, 0.3) is 0 Å². The van der Waals surface area contributed by atoms with Crippen molar-refractivity contribution in [2.24, 2.45) is 0 Å². The summed E-state index contributed by atoms with van der Waals surface area (Å²) in [6.07, 6.45) is 2.06. The molecular weight excluding hydrogens is 341 g/mol. The Balaban J connectivity index is 2.26. The summed E-state index contributed by atoms with van der Waals surface area (Å²) in [5, 5.41) is 3.34. The van der Waals surface area contributed by atoms with E-state index < -0.39 is 0 Å².